The maximum atomic E-state index is 6.23. The quantitative estimate of drug-likeness (QED) is 0.716. The van der Waals surface area contributed by atoms with Crippen LogP contribution in [0.25, 0.3) is 0 Å². The summed E-state index contributed by atoms with van der Waals surface area (Å²) in [6, 6.07) is 10.4. The van der Waals surface area contributed by atoms with Gasteiger partial charge in [-0.25, -0.2) is 0 Å². The van der Waals surface area contributed by atoms with Gasteiger partial charge in [0, 0.05) is 18.8 Å². The first kappa shape index (κ1) is 16.4. The van der Waals surface area contributed by atoms with Crippen molar-refractivity contribution in [1.82, 2.24) is 0 Å². The van der Waals surface area contributed by atoms with Gasteiger partial charge in [-0.1, -0.05) is 45.4 Å². The summed E-state index contributed by atoms with van der Waals surface area (Å²) < 4.78 is 6.23. The van der Waals surface area contributed by atoms with Gasteiger partial charge in [-0.15, -0.1) is 0 Å². The first-order chi connectivity index (χ1) is 10.2. The van der Waals surface area contributed by atoms with Crippen LogP contribution in [0, 0.1) is 17.8 Å². The lowest BCUT2D eigenvalue weighted by Crippen LogP contribution is -2.34. The molecular weight excluding hydrogens is 258 g/mol. The number of rotatable bonds is 7. The summed E-state index contributed by atoms with van der Waals surface area (Å²) in [5, 5.41) is 3.45. The second kappa shape index (κ2) is 8.43. The van der Waals surface area contributed by atoms with Crippen LogP contribution in [0.5, 0.6) is 0 Å². The highest BCUT2D eigenvalue weighted by Crippen LogP contribution is 2.35. The van der Waals surface area contributed by atoms with Crippen LogP contribution in [0.15, 0.2) is 30.3 Å². The van der Waals surface area contributed by atoms with E-state index in [1.807, 2.05) is 6.07 Å². The molecular formula is C19H31NO. The third-order valence-corrected chi connectivity index (χ3v) is 4.72. The van der Waals surface area contributed by atoms with Crippen LogP contribution in [-0.4, -0.2) is 19.3 Å². The Morgan fingerprint density at radius 1 is 1.19 bits per heavy atom. The van der Waals surface area contributed by atoms with Crippen molar-refractivity contribution in [3.05, 3.63) is 30.3 Å². The summed E-state index contributed by atoms with van der Waals surface area (Å²) in [6.45, 7) is 8.91. The van der Waals surface area contributed by atoms with Gasteiger partial charge in [-0.2, -0.15) is 0 Å². The predicted octanol–water partition coefficient (Wildman–Crippen LogP) is 4.97. The van der Waals surface area contributed by atoms with Crippen LogP contribution >= 0.6 is 0 Å². The fourth-order valence-corrected chi connectivity index (χ4v) is 3.40. The van der Waals surface area contributed by atoms with Gasteiger partial charge in [-0.05, 0) is 49.1 Å². The van der Waals surface area contributed by atoms with Gasteiger partial charge in [0.05, 0.1) is 6.10 Å². The van der Waals surface area contributed by atoms with Crippen molar-refractivity contribution in [2.24, 2.45) is 17.8 Å². The van der Waals surface area contributed by atoms with Gasteiger partial charge in [-0.3, -0.25) is 0 Å². The van der Waals surface area contributed by atoms with Crippen molar-refractivity contribution < 1.29 is 4.74 Å². The first-order valence-corrected chi connectivity index (χ1v) is 8.57. The van der Waals surface area contributed by atoms with Gasteiger partial charge in [0.1, 0.15) is 0 Å². The number of para-hydroxylation sites is 1. The highest BCUT2D eigenvalue weighted by molar-refractivity contribution is 5.42. The molecule has 1 aliphatic rings. The monoisotopic (exact) mass is 289 g/mol. The Morgan fingerprint density at radius 3 is 2.67 bits per heavy atom. The minimum Gasteiger partial charge on any atom is -0.385 e. The summed E-state index contributed by atoms with van der Waals surface area (Å²) in [5.74, 6) is 2.32. The second-order valence-electron chi connectivity index (χ2n) is 6.88. The number of hydrogen-bond acceptors (Lipinski definition) is 2. The molecule has 118 valence electrons. The van der Waals surface area contributed by atoms with Gasteiger partial charge >= 0.3 is 0 Å². The number of ether oxygens (including phenoxy) is 1. The molecule has 1 saturated carbocycles. The molecule has 2 nitrogen and oxygen atoms in total. The molecule has 0 heterocycles. The van der Waals surface area contributed by atoms with Crippen LogP contribution in [0.2, 0.25) is 0 Å². The van der Waals surface area contributed by atoms with Gasteiger partial charge in [0.15, 0.2) is 0 Å². The Labute approximate surface area is 130 Å². The summed E-state index contributed by atoms with van der Waals surface area (Å²) in [6.07, 6.45) is 5.51. The molecule has 1 N–H and O–H groups in total. The molecule has 0 spiro atoms. The highest BCUT2D eigenvalue weighted by atomic mass is 16.5. The molecule has 0 aliphatic heterocycles. The average molecular weight is 289 g/mol. The maximum absolute atomic E-state index is 6.23. The molecule has 0 radical (unpaired) electrons. The van der Waals surface area contributed by atoms with E-state index in [1.54, 1.807) is 0 Å². The summed E-state index contributed by atoms with van der Waals surface area (Å²) in [5.41, 5.74) is 1.20. The van der Waals surface area contributed by atoms with Crippen LogP contribution in [0.1, 0.15) is 46.5 Å². The molecule has 2 rings (SSSR count). The molecule has 0 aromatic heterocycles. The minimum atomic E-state index is 0.477. The fraction of sp³-hybridized carbons (Fsp3) is 0.684. The topological polar surface area (TPSA) is 21.3 Å². The van der Waals surface area contributed by atoms with Gasteiger partial charge in [0.25, 0.3) is 0 Å². The molecule has 1 fully saturated rings. The maximum Gasteiger partial charge on any atom is 0.0608 e. The molecule has 0 amide bonds. The minimum absolute atomic E-state index is 0.477. The molecule has 3 atom stereocenters. The number of hydrogen-bond donors (Lipinski definition) is 1. The normalized spacial score (nSPS) is 26.0. The van der Waals surface area contributed by atoms with Crippen molar-refractivity contribution in [2.45, 2.75) is 52.6 Å². The molecule has 1 aliphatic carbocycles. The zero-order valence-electron chi connectivity index (χ0n) is 13.8. The average Bonchev–Trinajstić information content (AvgIpc) is 2.48. The highest BCUT2D eigenvalue weighted by Gasteiger charge is 2.31. The van der Waals surface area contributed by atoms with Gasteiger partial charge in [0.2, 0.25) is 0 Å². The molecule has 1 aromatic carbocycles. The molecule has 21 heavy (non-hydrogen) atoms. The lowest BCUT2D eigenvalue weighted by Gasteiger charge is -2.37. The van der Waals surface area contributed by atoms with E-state index in [0.717, 1.165) is 37.3 Å². The van der Waals surface area contributed by atoms with Gasteiger partial charge < -0.3 is 10.1 Å². The molecule has 1 aromatic rings. The fourth-order valence-electron chi connectivity index (χ4n) is 3.40. The van der Waals surface area contributed by atoms with Crippen molar-refractivity contribution >= 4 is 5.69 Å². The van der Waals surface area contributed by atoms with E-state index in [9.17, 15) is 0 Å². The zero-order valence-corrected chi connectivity index (χ0v) is 13.8. The second-order valence-corrected chi connectivity index (χ2v) is 6.88. The van der Waals surface area contributed by atoms with Crippen LogP contribution < -0.4 is 5.32 Å². The SMILES string of the molecule is CC1CCC(C(C)C)C(OCCCNc2ccccc2)C1. The summed E-state index contributed by atoms with van der Waals surface area (Å²) in [7, 11) is 0. The lowest BCUT2D eigenvalue weighted by atomic mass is 9.75. The Hall–Kier alpha value is -1.02. The number of benzene rings is 1. The number of anilines is 1. The predicted molar refractivity (Wildman–Crippen MR) is 90.6 cm³/mol. The molecule has 3 unspecified atom stereocenters. The Kier molecular flexibility index (Phi) is 6.56. The molecule has 2 heteroatoms. The van der Waals surface area contributed by atoms with Crippen molar-refractivity contribution in [3.8, 4) is 0 Å². The third-order valence-electron chi connectivity index (χ3n) is 4.72. The standard InChI is InChI=1S/C19H31NO/c1-15(2)18-11-10-16(3)14-19(18)21-13-7-12-20-17-8-5-4-6-9-17/h4-6,8-9,15-16,18-20H,7,10-14H2,1-3H3. The zero-order chi connectivity index (χ0) is 15.1. The van der Waals surface area contributed by atoms with E-state index in [0.29, 0.717) is 6.10 Å². The van der Waals surface area contributed by atoms with E-state index in [-0.39, 0.29) is 0 Å². The summed E-state index contributed by atoms with van der Waals surface area (Å²) >= 11 is 0. The Morgan fingerprint density at radius 2 is 1.95 bits per heavy atom. The van der Waals surface area contributed by atoms with Crippen LogP contribution in [-0.2, 0) is 4.74 Å². The van der Waals surface area contributed by atoms with Crippen molar-refractivity contribution in [2.75, 3.05) is 18.5 Å². The van der Waals surface area contributed by atoms with E-state index in [1.165, 1.54) is 24.9 Å². The first-order valence-electron chi connectivity index (χ1n) is 8.57. The molecule has 0 saturated heterocycles. The van der Waals surface area contributed by atoms with E-state index >= 15 is 0 Å². The van der Waals surface area contributed by atoms with Crippen LogP contribution in [0.4, 0.5) is 5.69 Å². The Balaban J connectivity index is 1.66. The van der Waals surface area contributed by atoms with Crippen molar-refractivity contribution in [3.63, 3.8) is 0 Å². The van der Waals surface area contributed by atoms with E-state index in [4.69, 9.17) is 4.74 Å². The number of nitrogens with one attached hydrogen (secondary N) is 1. The third kappa shape index (κ3) is 5.35. The van der Waals surface area contributed by atoms with Crippen LogP contribution in [0.3, 0.4) is 0 Å². The van der Waals surface area contributed by atoms with E-state index < -0.39 is 0 Å². The lowest BCUT2D eigenvalue weighted by molar-refractivity contribution is -0.0381. The van der Waals surface area contributed by atoms with Crippen molar-refractivity contribution in [1.29, 1.82) is 0 Å². The molecule has 0 bridgehead atoms. The Bertz CT molecular complexity index is 390. The smallest absolute Gasteiger partial charge is 0.0608 e. The largest absolute Gasteiger partial charge is 0.385 e. The van der Waals surface area contributed by atoms with E-state index in [2.05, 4.69) is 50.4 Å². The summed E-state index contributed by atoms with van der Waals surface area (Å²) in [4.78, 5) is 0.